The van der Waals surface area contributed by atoms with Crippen molar-refractivity contribution in [2.24, 2.45) is 0 Å². The maximum atomic E-state index is 13.8. The van der Waals surface area contributed by atoms with E-state index in [-0.39, 0.29) is 63.2 Å². The smallest absolute Gasteiger partial charge is 0.255 e. The molecule has 0 bridgehead atoms. The number of amides is 3. The third-order valence-corrected chi connectivity index (χ3v) is 23.5. The number of aryl methyl sites for hydroxylation is 1. The highest BCUT2D eigenvalue weighted by Crippen LogP contribution is 2.33. The number of carbonyl (C=O) groups excluding carboxylic acids is 3. The van der Waals surface area contributed by atoms with Crippen LogP contribution in [0.15, 0.2) is 185 Å². The second-order valence-corrected chi connectivity index (χ2v) is 32.0. The number of ether oxygens (including phenoxy) is 1. The van der Waals surface area contributed by atoms with E-state index in [0.717, 1.165) is 16.9 Å². The van der Waals surface area contributed by atoms with Crippen molar-refractivity contribution in [1.29, 1.82) is 0 Å². The molecule has 0 spiro atoms. The molecule has 13 rings (SSSR count). The average molecular weight is 1410 g/mol. The number of aromatic nitrogens is 9. The van der Waals surface area contributed by atoms with Gasteiger partial charge in [0, 0.05) is 60.4 Å². The molecule has 0 fully saturated rings. The molecule has 0 aliphatic carbocycles. The predicted molar refractivity (Wildman–Crippen MR) is 376 cm³/mol. The molecule has 0 saturated heterocycles. The minimum absolute atomic E-state index is 0.158. The Morgan fingerprint density at radius 2 is 0.920 bits per heavy atom. The quantitative estimate of drug-likeness (QED) is 0.0493. The van der Waals surface area contributed by atoms with E-state index in [2.05, 4.69) is 60.8 Å². The third-order valence-electron chi connectivity index (χ3n) is 17.0. The number of hydrogen-bond acceptors (Lipinski definition) is 16. The summed E-state index contributed by atoms with van der Waals surface area (Å²) in [6.07, 6.45) is 10.0. The summed E-state index contributed by atoms with van der Waals surface area (Å²) in [5.74, 6) is -0.888. The molecule has 27 heteroatoms. The van der Waals surface area contributed by atoms with Crippen LogP contribution in [0.2, 0.25) is 0 Å². The Morgan fingerprint density at radius 3 is 1.35 bits per heavy atom. The van der Waals surface area contributed by atoms with Crippen molar-refractivity contribution < 1.29 is 53.2 Å². The molecule has 3 amide bonds. The summed E-state index contributed by atoms with van der Waals surface area (Å²) < 4.78 is 107. The standard InChI is InChI=1S/C25H24N4O4S.2C24H23FN4O3S/c1-15(2)34(31,32)17-9-7-16(8-10-17)21-14-27-24-23(28-21)19(13-26-24)25(30)29-20-11-12-33-22-6-4-3-5-18(20)22;1-14(2)33(31,32)19-8-5-16(6-9-19)21-13-27-23-22(29-21)20(12-26-23)24(30)28-11-17-10-18(25)7-4-15(17)3;1-14(2)33(31,32)18-9-7-16(8-10-18)21-13-27-23-22(29-21)19(12-26-23)24(30)28-11-17-5-4-6-20(25)15(17)3/h3-10,13-15,20H,11-12H2,1-2H3,(H,26,27)(H,29,30);2*4-10,12-14H,11H2,1-3H3,(H,26,27)(H,28,30). The van der Waals surface area contributed by atoms with Crippen LogP contribution in [0, 0.1) is 25.5 Å². The Bertz CT molecular complexity index is 5260. The van der Waals surface area contributed by atoms with Crippen LogP contribution in [0.5, 0.6) is 5.75 Å². The van der Waals surface area contributed by atoms with Crippen molar-refractivity contribution in [2.45, 2.75) is 111 Å². The molecule has 1 aliphatic rings. The number of rotatable bonds is 17. The van der Waals surface area contributed by atoms with Crippen molar-refractivity contribution in [3.8, 4) is 39.5 Å². The monoisotopic (exact) mass is 1410 g/mol. The number of sulfone groups is 3. The lowest BCUT2D eigenvalue weighted by Crippen LogP contribution is -2.32. The Hall–Kier alpha value is -10.9. The molecule has 0 radical (unpaired) electrons. The zero-order chi connectivity index (χ0) is 71.4. The molecule has 6 N–H and O–H groups in total. The second kappa shape index (κ2) is 29.3. The first-order valence-electron chi connectivity index (χ1n) is 31.8. The molecular weight excluding hydrogens is 1340 g/mol. The number of nitrogens with zero attached hydrogens (tertiary/aromatic N) is 6. The van der Waals surface area contributed by atoms with E-state index in [1.165, 1.54) is 30.6 Å². The number of fused-ring (bicyclic) bond motifs is 4. The first-order chi connectivity index (χ1) is 47.7. The van der Waals surface area contributed by atoms with Gasteiger partial charge in [-0.05, 0) is 138 Å². The van der Waals surface area contributed by atoms with Crippen LogP contribution < -0.4 is 20.7 Å². The highest BCUT2D eigenvalue weighted by molar-refractivity contribution is 7.92. The van der Waals surface area contributed by atoms with Gasteiger partial charge in [0.2, 0.25) is 0 Å². The van der Waals surface area contributed by atoms with Gasteiger partial charge in [0.25, 0.3) is 17.7 Å². The van der Waals surface area contributed by atoms with Gasteiger partial charge in [-0.2, -0.15) is 0 Å². The summed E-state index contributed by atoms with van der Waals surface area (Å²) in [4.78, 5) is 75.3. The molecule has 1 aliphatic heterocycles. The van der Waals surface area contributed by atoms with Crippen molar-refractivity contribution >= 4 is 80.7 Å². The van der Waals surface area contributed by atoms with Crippen LogP contribution in [-0.4, -0.2) is 110 Å². The summed E-state index contributed by atoms with van der Waals surface area (Å²) in [6, 6.07) is 36.1. The largest absolute Gasteiger partial charge is 0.493 e. The van der Waals surface area contributed by atoms with Gasteiger partial charge in [-0.1, -0.05) is 72.8 Å². The van der Waals surface area contributed by atoms with Crippen LogP contribution >= 0.6 is 0 Å². The Morgan fingerprint density at radius 1 is 0.510 bits per heavy atom. The minimum atomic E-state index is -3.37. The van der Waals surface area contributed by atoms with Crippen molar-refractivity contribution in [3.63, 3.8) is 0 Å². The zero-order valence-corrected chi connectivity index (χ0v) is 58.0. The first kappa shape index (κ1) is 70.4. The Labute approximate surface area is 575 Å². The van der Waals surface area contributed by atoms with E-state index in [0.29, 0.717) is 114 Å². The van der Waals surface area contributed by atoms with Crippen molar-refractivity contribution in [2.75, 3.05) is 6.61 Å². The summed E-state index contributed by atoms with van der Waals surface area (Å²) in [5.41, 5.74) is 11.0. The van der Waals surface area contributed by atoms with Gasteiger partial charge >= 0.3 is 0 Å². The molecule has 514 valence electrons. The Kier molecular flexibility index (Phi) is 20.6. The highest BCUT2D eigenvalue weighted by Gasteiger charge is 2.27. The van der Waals surface area contributed by atoms with Gasteiger partial charge < -0.3 is 35.6 Å². The highest BCUT2D eigenvalue weighted by atomic mass is 32.2. The number of hydrogen-bond donors (Lipinski definition) is 6. The minimum Gasteiger partial charge on any atom is -0.493 e. The van der Waals surface area contributed by atoms with Crippen LogP contribution in [0.3, 0.4) is 0 Å². The molecule has 12 aromatic rings. The van der Waals surface area contributed by atoms with E-state index in [9.17, 15) is 48.4 Å². The van der Waals surface area contributed by atoms with Gasteiger partial charge in [-0.3, -0.25) is 14.4 Å². The fraction of sp³-hybridized carbons (Fsp3) is 0.219. The van der Waals surface area contributed by atoms with Crippen LogP contribution in [0.25, 0.3) is 67.3 Å². The maximum absolute atomic E-state index is 13.8. The van der Waals surface area contributed by atoms with Gasteiger partial charge in [-0.25, -0.2) is 63.9 Å². The van der Waals surface area contributed by atoms with E-state index in [1.807, 2.05) is 31.2 Å². The zero-order valence-electron chi connectivity index (χ0n) is 55.6. The number of H-pyrrole nitrogens is 3. The Balaban J connectivity index is 0.000000151. The predicted octanol–water partition coefficient (Wildman–Crippen LogP) is 12.4. The maximum Gasteiger partial charge on any atom is 0.255 e. The summed E-state index contributed by atoms with van der Waals surface area (Å²) >= 11 is 0. The number of nitrogens with one attached hydrogen (secondary N) is 6. The fourth-order valence-corrected chi connectivity index (χ4v) is 14.0. The van der Waals surface area contributed by atoms with E-state index in [1.54, 1.807) is 164 Å². The summed E-state index contributed by atoms with van der Waals surface area (Å²) in [6.45, 7) is 14.2. The first-order valence-corrected chi connectivity index (χ1v) is 36.5. The van der Waals surface area contributed by atoms with E-state index >= 15 is 0 Å². The van der Waals surface area contributed by atoms with Gasteiger partial charge in [0.1, 0.15) is 33.9 Å². The summed E-state index contributed by atoms with van der Waals surface area (Å²) in [5, 5.41) is 7.14. The number of carbonyl (C=O) groups is 3. The molecular formula is C73H70F2N12O10S3. The normalized spacial score (nSPS) is 13.1. The number of benzene rings is 6. The van der Waals surface area contributed by atoms with Crippen LogP contribution in [0.1, 0.15) is 113 Å². The lowest BCUT2D eigenvalue weighted by atomic mass is 10.0. The van der Waals surface area contributed by atoms with Crippen LogP contribution in [-0.2, 0) is 42.6 Å². The number of aromatic amines is 3. The number of para-hydroxylation sites is 1. The van der Waals surface area contributed by atoms with Crippen molar-refractivity contribution in [1.82, 2.24) is 60.8 Å². The van der Waals surface area contributed by atoms with Gasteiger partial charge in [0.15, 0.2) is 46.5 Å². The average Bonchev–Trinajstić information content (AvgIpc) is 1.36. The second-order valence-electron chi connectivity index (χ2n) is 24.5. The molecule has 6 aromatic heterocycles. The lowest BCUT2D eigenvalue weighted by molar-refractivity contribution is 0.0922. The number of halogens is 2. The lowest BCUT2D eigenvalue weighted by Gasteiger charge is -2.26. The molecule has 1 unspecified atom stereocenters. The SMILES string of the molecule is CC(C)S(=O)(=O)c1ccc(-c2cnc3[nH]cc(C(=O)NC4CCOc5ccccc54)c3n2)cc1.Cc1c(F)cccc1CNC(=O)c1c[nH]c2ncc(-c3ccc(S(=O)(=O)C(C)C)cc3)nc12.Cc1ccc(F)cc1CNC(=O)c1c[nH]c2ncc(-c3ccc(S(=O)(=O)C(C)C)cc3)nc12. The van der Waals surface area contributed by atoms with Crippen molar-refractivity contribution in [3.05, 3.63) is 227 Å². The molecule has 7 heterocycles. The fourth-order valence-electron chi connectivity index (χ4n) is 10.8. The van der Waals surface area contributed by atoms with E-state index in [4.69, 9.17) is 4.74 Å². The van der Waals surface area contributed by atoms with E-state index < -0.39 is 45.3 Å². The third kappa shape index (κ3) is 15.1. The molecule has 22 nitrogen and oxygen atoms in total. The molecule has 100 heavy (non-hydrogen) atoms. The molecule has 0 saturated carbocycles. The van der Waals surface area contributed by atoms with Gasteiger partial charge in [-0.15, -0.1) is 0 Å². The molecule has 1 atom stereocenters. The molecule has 6 aromatic carbocycles. The van der Waals surface area contributed by atoms with Gasteiger partial charge in [0.05, 0.1) is 95.4 Å². The topological polar surface area (TPSA) is 324 Å². The summed E-state index contributed by atoms with van der Waals surface area (Å²) in [7, 11) is -10.1. The van der Waals surface area contributed by atoms with Crippen LogP contribution in [0.4, 0.5) is 8.78 Å².